The molecule has 1 heterocycles. The van der Waals surface area contributed by atoms with E-state index in [0.29, 0.717) is 21.3 Å². The van der Waals surface area contributed by atoms with Gasteiger partial charge in [-0.2, -0.15) is 0 Å². The molecule has 0 radical (unpaired) electrons. The molecule has 0 aromatic heterocycles. The summed E-state index contributed by atoms with van der Waals surface area (Å²) in [5.41, 5.74) is 3.64. The summed E-state index contributed by atoms with van der Waals surface area (Å²) in [4.78, 5) is 31.3. The molecule has 0 atom stereocenters. The van der Waals surface area contributed by atoms with Gasteiger partial charge in [0, 0.05) is 22.7 Å². The molecule has 0 aliphatic carbocycles. The molecule has 0 spiro atoms. The van der Waals surface area contributed by atoms with Crippen molar-refractivity contribution in [1.82, 2.24) is 0 Å². The smallest absolute Gasteiger partial charge is 0.283 e. The first-order valence-corrected chi connectivity index (χ1v) is 11.0. The van der Waals surface area contributed by atoms with Gasteiger partial charge in [-0.1, -0.05) is 65.3 Å². The summed E-state index contributed by atoms with van der Waals surface area (Å²) in [6, 6.07) is 22.6. The molecule has 2 amide bonds. The van der Waals surface area contributed by atoms with Gasteiger partial charge in [0.05, 0.1) is 5.69 Å². The minimum Gasteiger partial charge on any atom is -0.339 e. The fourth-order valence-electron chi connectivity index (χ4n) is 3.35. The molecule has 0 unspecified atom stereocenters. The molecule has 0 N–H and O–H groups in total. The van der Waals surface area contributed by atoms with Crippen LogP contribution in [0.3, 0.4) is 0 Å². The number of rotatable bonds is 5. The zero-order valence-corrected chi connectivity index (χ0v) is 19.0. The van der Waals surface area contributed by atoms with E-state index in [0.717, 1.165) is 21.7 Å². The van der Waals surface area contributed by atoms with E-state index < -0.39 is 0 Å². The average Bonchev–Trinajstić information content (AvgIpc) is 3.01. The quantitative estimate of drug-likeness (QED) is 0.451. The Kier molecular flexibility index (Phi) is 5.90. The predicted octanol–water partition coefficient (Wildman–Crippen LogP) is 5.97. The number of halogens is 1. The Bertz CT molecular complexity index is 1190. The maximum Gasteiger partial charge on any atom is 0.283 e. The summed E-state index contributed by atoms with van der Waals surface area (Å²) in [6.45, 7) is 3.89. The van der Waals surface area contributed by atoms with Crippen molar-refractivity contribution in [3.8, 4) is 0 Å². The van der Waals surface area contributed by atoms with E-state index >= 15 is 0 Å². The number of hydrogen-bond donors (Lipinski definition) is 0. The zero-order chi connectivity index (χ0) is 22.1. The molecule has 1 aliphatic heterocycles. The number of imide groups is 1. The SMILES string of the molecule is Cc1ccc(SC2=C(N(C)c3ccccc3)C(=O)N(c3ccc(C)c(Cl)c3)C2=O)cc1. The average molecular weight is 449 g/mol. The molecule has 6 heteroatoms. The molecular formula is C25H21ClN2O2S. The summed E-state index contributed by atoms with van der Waals surface area (Å²) in [5, 5.41) is 0.510. The summed E-state index contributed by atoms with van der Waals surface area (Å²) in [5.74, 6) is -0.723. The number of amides is 2. The van der Waals surface area contributed by atoms with Crippen molar-refractivity contribution >= 4 is 46.6 Å². The topological polar surface area (TPSA) is 40.6 Å². The Labute approximate surface area is 191 Å². The predicted molar refractivity (Wildman–Crippen MR) is 128 cm³/mol. The second kappa shape index (κ2) is 8.61. The zero-order valence-electron chi connectivity index (χ0n) is 17.4. The third-order valence-corrected chi connectivity index (χ3v) is 6.64. The highest BCUT2D eigenvalue weighted by molar-refractivity contribution is 8.04. The van der Waals surface area contributed by atoms with Gasteiger partial charge in [0.2, 0.25) is 0 Å². The van der Waals surface area contributed by atoms with Crippen molar-refractivity contribution < 1.29 is 9.59 Å². The fourth-order valence-corrected chi connectivity index (χ4v) is 4.53. The minimum absolute atomic E-state index is 0.346. The van der Waals surface area contributed by atoms with Crippen molar-refractivity contribution in [3.05, 3.63) is 99.5 Å². The standard InChI is InChI=1S/C25H21ClN2O2S/c1-16-9-13-20(14-10-16)31-23-22(27(3)18-7-5-4-6-8-18)24(29)28(25(23)30)19-12-11-17(2)21(26)15-19/h4-15H,1-3H3. The van der Waals surface area contributed by atoms with E-state index in [9.17, 15) is 9.59 Å². The van der Waals surface area contributed by atoms with Crippen LogP contribution in [0.4, 0.5) is 11.4 Å². The fraction of sp³-hybridized carbons (Fsp3) is 0.120. The third-order valence-electron chi connectivity index (χ3n) is 5.15. The van der Waals surface area contributed by atoms with Gasteiger partial charge in [-0.3, -0.25) is 9.59 Å². The number of likely N-dealkylation sites (N-methyl/N-ethyl adjacent to an activating group) is 1. The van der Waals surface area contributed by atoms with Crippen molar-refractivity contribution in [2.24, 2.45) is 0 Å². The first-order chi connectivity index (χ1) is 14.9. The Morgan fingerprint density at radius 3 is 2.19 bits per heavy atom. The first kappa shape index (κ1) is 21.2. The number of benzene rings is 3. The maximum atomic E-state index is 13.5. The molecular weight excluding hydrogens is 428 g/mol. The Morgan fingerprint density at radius 2 is 1.55 bits per heavy atom. The second-order valence-electron chi connectivity index (χ2n) is 7.37. The maximum absolute atomic E-state index is 13.5. The van der Waals surface area contributed by atoms with Crippen LogP contribution in [-0.2, 0) is 9.59 Å². The Balaban J connectivity index is 1.80. The number of hydrogen-bond acceptors (Lipinski definition) is 4. The van der Waals surface area contributed by atoms with E-state index in [1.165, 1.54) is 16.7 Å². The van der Waals surface area contributed by atoms with E-state index in [-0.39, 0.29) is 11.8 Å². The number of nitrogens with zero attached hydrogens (tertiary/aromatic N) is 2. The summed E-state index contributed by atoms with van der Waals surface area (Å²) >= 11 is 7.59. The molecule has 0 saturated carbocycles. The van der Waals surface area contributed by atoms with Crippen molar-refractivity contribution in [3.63, 3.8) is 0 Å². The van der Waals surface area contributed by atoms with Crippen molar-refractivity contribution in [2.75, 3.05) is 16.8 Å². The van der Waals surface area contributed by atoms with Gasteiger partial charge in [-0.25, -0.2) is 4.90 Å². The van der Waals surface area contributed by atoms with Crippen molar-refractivity contribution in [2.45, 2.75) is 18.7 Å². The number of anilines is 2. The lowest BCUT2D eigenvalue weighted by Crippen LogP contribution is -2.34. The van der Waals surface area contributed by atoms with E-state index in [4.69, 9.17) is 11.6 Å². The number of carbonyl (C=O) groups excluding carboxylic acids is 2. The van der Waals surface area contributed by atoms with Crippen LogP contribution >= 0.6 is 23.4 Å². The molecule has 4 nitrogen and oxygen atoms in total. The summed E-state index contributed by atoms with van der Waals surface area (Å²) in [7, 11) is 1.80. The Hall–Kier alpha value is -3.02. The summed E-state index contributed by atoms with van der Waals surface area (Å²) < 4.78 is 0. The Morgan fingerprint density at radius 1 is 0.871 bits per heavy atom. The highest BCUT2D eigenvalue weighted by atomic mass is 35.5. The number of thioether (sulfide) groups is 1. The first-order valence-electron chi connectivity index (χ1n) is 9.79. The molecule has 0 bridgehead atoms. The third kappa shape index (κ3) is 4.11. The molecule has 3 aromatic rings. The van der Waals surface area contributed by atoms with E-state index in [1.54, 1.807) is 24.1 Å². The normalized spacial score (nSPS) is 13.9. The lowest BCUT2D eigenvalue weighted by molar-refractivity contribution is -0.120. The van der Waals surface area contributed by atoms with Gasteiger partial charge < -0.3 is 4.90 Å². The van der Waals surface area contributed by atoms with Gasteiger partial charge in [0.25, 0.3) is 11.8 Å². The minimum atomic E-state index is -0.370. The van der Waals surface area contributed by atoms with Gasteiger partial charge in [-0.05, 0) is 55.8 Å². The van der Waals surface area contributed by atoms with Crippen LogP contribution < -0.4 is 9.80 Å². The molecule has 31 heavy (non-hydrogen) atoms. The number of para-hydroxylation sites is 1. The van der Waals surface area contributed by atoms with Gasteiger partial charge in [-0.15, -0.1) is 0 Å². The number of carbonyl (C=O) groups is 2. The lowest BCUT2D eigenvalue weighted by Gasteiger charge is -2.21. The van der Waals surface area contributed by atoms with Crippen LogP contribution in [0.15, 0.2) is 88.3 Å². The van der Waals surface area contributed by atoms with Crippen LogP contribution in [0, 0.1) is 13.8 Å². The van der Waals surface area contributed by atoms with Crippen molar-refractivity contribution in [1.29, 1.82) is 0 Å². The van der Waals surface area contributed by atoms with Crippen LogP contribution in [-0.4, -0.2) is 18.9 Å². The van der Waals surface area contributed by atoms with E-state index in [2.05, 4.69) is 0 Å². The molecule has 0 saturated heterocycles. The molecule has 3 aromatic carbocycles. The van der Waals surface area contributed by atoms with Crippen LogP contribution in [0.25, 0.3) is 0 Å². The molecule has 1 aliphatic rings. The highest BCUT2D eigenvalue weighted by Crippen LogP contribution is 2.40. The molecule has 156 valence electrons. The second-order valence-corrected chi connectivity index (χ2v) is 8.86. The monoisotopic (exact) mass is 448 g/mol. The largest absolute Gasteiger partial charge is 0.339 e. The van der Waals surface area contributed by atoms with Crippen LogP contribution in [0.5, 0.6) is 0 Å². The number of aryl methyl sites for hydroxylation is 2. The summed E-state index contributed by atoms with van der Waals surface area (Å²) in [6.07, 6.45) is 0. The van der Waals surface area contributed by atoms with E-state index in [1.807, 2.05) is 74.5 Å². The van der Waals surface area contributed by atoms with Crippen LogP contribution in [0.1, 0.15) is 11.1 Å². The van der Waals surface area contributed by atoms with Gasteiger partial charge in [0.1, 0.15) is 10.6 Å². The van der Waals surface area contributed by atoms with Gasteiger partial charge >= 0.3 is 0 Å². The van der Waals surface area contributed by atoms with Gasteiger partial charge in [0.15, 0.2) is 0 Å². The highest BCUT2D eigenvalue weighted by Gasteiger charge is 2.42. The van der Waals surface area contributed by atoms with Crippen LogP contribution in [0.2, 0.25) is 5.02 Å². The molecule has 0 fully saturated rings. The molecule has 4 rings (SSSR count). The lowest BCUT2D eigenvalue weighted by atomic mass is 10.2.